The average Bonchev–Trinajstić information content (AvgIpc) is 2.47. The van der Waals surface area contributed by atoms with Crippen molar-refractivity contribution in [3.63, 3.8) is 0 Å². The van der Waals surface area contributed by atoms with Crippen LogP contribution in [0, 0.1) is 11.8 Å². The van der Waals surface area contributed by atoms with Crippen LogP contribution in [0.15, 0.2) is 24.3 Å². The summed E-state index contributed by atoms with van der Waals surface area (Å²) in [7, 11) is 1.56. The van der Waals surface area contributed by atoms with E-state index in [0.29, 0.717) is 25.1 Å². The molecule has 6 heteroatoms. The van der Waals surface area contributed by atoms with Crippen LogP contribution in [-0.2, 0) is 16.1 Å². The van der Waals surface area contributed by atoms with E-state index in [1.54, 1.807) is 25.3 Å². The first-order valence-corrected chi connectivity index (χ1v) is 7.37. The molecule has 22 heavy (non-hydrogen) atoms. The zero-order valence-electron chi connectivity index (χ0n) is 12.5. The van der Waals surface area contributed by atoms with Crippen LogP contribution >= 0.6 is 0 Å². The standard InChI is InChI=1S/C16H20F3NO2/c1-22-10-11-5-4-6-12(9-11)20-15(21)13-7-2-3-8-14(13)16(17,18)19/h4-6,9,13-14H,2-3,7-8,10H2,1H3,(H,20,21)/t13-,14+/m0/s1. The van der Waals surface area contributed by atoms with Crippen LogP contribution in [0.4, 0.5) is 18.9 Å². The van der Waals surface area contributed by atoms with E-state index in [-0.39, 0.29) is 12.8 Å². The van der Waals surface area contributed by atoms with Gasteiger partial charge in [-0.15, -0.1) is 0 Å². The van der Waals surface area contributed by atoms with Gasteiger partial charge < -0.3 is 10.1 Å². The first kappa shape index (κ1) is 16.8. The lowest BCUT2D eigenvalue weighted by atomic mass is 9.78. The highest BCUT2D eigenvalue weighted by molar-refractivity contribution is 5.92. The van der Waals surface area contributed by atoms with Crippen LogP contribution in [0.5, 0.6) is 0 Å². The van der Waals surface area contributed by atoms with Gasteiger partial charge >= 0.3 is 6.18 Å². The molecule has 1 aromatic rings. The Labute approximate surface area is 127 Å². The maximum atomic E-state index is 13.1. The zero-order chi connectivity index (χ0) is 16.2. The smallest absolute Gasteiger partial charge is 0.380 e. The molecule has 2 rings (SSSR count). The Balaban J connectivity index is 2.08. The van der Waals surface area contributed by atoms with Gasteiger partial charge in [-0.05, 0) is 30.5 Å². The minimum atomic E-state index is -4.32. The topological polar surface area (TPSA) is 38.3 Å². The number of halogens is 3. The Morgan fingerprint density at radius 1 is 1.32 bits per heavy atom. The number of hydrogen-bond acceptors (Lipinski definition) is 2. The molecular formula is C16H20F3NO2. The largest absolute Gasteiger partial charge is 0.392 e. The second-order valence-electron chi connectivity index (χ2n) is 5.66. The van der Waals surface area contributed by atoms with Crippen molar-refractivity contribution in [1.29, 1.82) is 0 Å². The van der Waals surface area contributed by atoms with Gasteiger partial charge in [0.2, 0.25) is 5.91 Å². The summed E-state index contributed by atoms with van der Waals surface area (Å²) < 4.78 is 44.2. The number of carbonyl (C=O) groups is 1. The molecule has 0 bridgehead atoms. The molecule has 0 unspecified atom stereocenters. The number of ether oxygens (including phenoxy) is 1. The monoisotopic (exact) mass is 315 g/mol. The third kappa shape index (κ3) is 4.22. The Hall–Kier alpha value is -1.56. The van der Waals surface area contributed by atoms with Crippen LogP contribution in [0.2, 0.25) is 0 Å². The fraction of sp³-hybridized carbons (Fsp3) is 0.562. The Morgan fingerprint density at radius 2 is 2.05 bits per heavy atom. The molecule has 1 aliphatic rings. The van der Waals surface area contributed by atoms with Gasteiger partial charge in [-0.25, -0.2) is 0 Å². The fourth-order valence-electron chi connectivity index (χ4n) is 2.98. The average molecular weight is 315 g/mol. The molecule has 1 saturated carbocycles. The van der Waals surface area contributed by atoms with E-state index >= 15 is 0 Å². The van der Waals surface area contributed by atoms with E-state index in [4.69, 9.17) is 4.74 Å². The van der Waals surface area contributed by atoms with E-state index in [9.17, 15) is 18.0 Å². The van der Waals surface area contributed by atoms with Crippen molar-refractivity contribution in [2.45, 2.75) is 38.5 Å². The number of nitrogens with one attached hydrogen (secondary N) is 1. The number of methoxy groups -OCH3 is 1. The molecule has 1 aromatic carbocycles. The van der Waals surface area contributed by atoms with Gasteiger partial charge in [-0.1, -0.05) is 25.0 Å². The molecular weight excluding hydrogens is 295 g/mol. The molecule has 1 N–H and O–H groups in total. The Bertz CT molecular complexity index is 516. The summed E-state index contributed by atoms with van der Waals surface area (Å²) in [5, 5.41) is 2.62. The molecule has 1 aliphatic carbocycles. The number of alkyl halides is 3. The van der Waals surface area contributed by atoms with Crippen LogP contribution in [0.3, 0.4) is 0 Å². The van der Waals surface area contributed by atoms with Gasteiger partial charge in [0.15, 0.2) is 0 Å². The second kappa shape index (κ2) is 7.13. The Morgan fingerprint density at radius 3 is 2.73 bits per heavy atom. The number of hydrogen-bond donors (Lipinski definition) is 1. The van der Waals surface area contributed by atoms with Crippen molar-refractivity contribution in [2.24, 2.45) is 11.8 Å². The number of rotatable bonds is 4. The highest BCUT2D eigenvalue weighted by atomic mass is 19.4. The van der Waals surface area contributed by atoms with E-state index < -0.39 is 23.9 Å². The summed E-state index contributed by atoms with van der Waals surface area (Å²) in [6.07, 6.45) is -2.81. The third-order valence-corrected chi connectivity index (χ3v) is 4.03. The van der Waals surface area contributed by atoms with Crippen molar-refractivity contribution in [3.05, 3.63) is 29.8 Å². The fourth-order valence-corrected chi connectivity index (χ4v) is 2.98. The maximum Gasteiger partial charge on any atom is 0.392 e. The summed E-state index contributed by atoms with van der Waals surface area (Å²) in [6.45, 7) is 0.387. The molecule has 1 amide bonds. The highest BCUT2D eigenvalue weighted by Crippen LogP contribution is 2.41. The maximum absolute atomic E-state index is 13.1. The van der Waals surface area contributed by atoms with E-state index in [1.807, 2.05) is 6.07 Å². The molecule has 0 aliphatic heterocycles. The minimum Gasteiger partial charge on any atom is -0.380 e. The molecule has 2 atom stereocenters. The van der Waals surface area contributed by atoms with Crippen LogP contribution < -0.4 is 5.32 Å². The lowest BCUT2D eigenvalue weighted by Gasteiger charge is -2.32. The van der Waals surface area contributed by atoms with Crippen molar-refractivity contribution in [2.75, 3.05) is 12.4 Å². The van der Waals surface area contributed by atoms with E-state index in [0.717, 1.165) is 5.56 Å². The summed E-state index contributed by atoms with van der Waals surface area (Å²) >= 11 is 0. The van der Waals surface area contributed by atoms with Crippen molar-refractivity contribution in [1.82, 2.24) is 0 Å². The molecule has 1 fully saturated rings. The second-order valence-corrected chi connectivity index (χ2v) is 5.66. The van der Waals surface area contributed by atoms with Crippen LogP contribution in [0.25, 0.3) is 0 Å². The predicted molar refractivity (Wildman–Crippen MR) is 77.3 cm³/mol. The molecule has 0 aromatic heterocycles. The number of benzene rings is 1. The van der Waals surface area contributed by atoms with Crippen molar-refractivity contribution >= 4 is 11.6 Å². The molecule has 0 heterocycles. The van der Waals surface area contributed by atoms with Gasteiger partial charge in [-0.3, -0.25) is 4.79 Å². The van der Waals surface area contributed by atoms with Gasteiger partial charge in [0, 0.05) is 18.7 Å². The number of amides is 1. The number of carbonyl (C=O) groups excluding carboxylic acids is 1. The SMILES string of the molecule is COCc1cccc(NC(=O)[C@H]2CCCC[C@H]2C(F)(F)F)c1. The molecule has 122 valence electrons. The summed E-state index contributed by atoms with van der Waals surface area (Å²) in [5.41, 5.74) is 1.36. The van der Waals surface area contributed by atoms with Gasteiger partial charge in [-0.2, -0.15) is 13.2 Å². The van der Waals surface area contributed by atoms with Crippen LogP contribution in [-0.4, -0.2) is 19.2 Å². The lowest BCUT2D eigenvalue weighted by Crippen LogP contribution is -2.39. The normalized spacial score (nSPS) is 22.4. The molecule has 3 nitrogen and oxygen atoms in total. The Kier molecular flexibility index (Phi) is 5.45. The van der Waals surface area contributed by atoms with E-state index in [1.165, 1.54) is 0 Å². The number of anilines is 1. The lowest BCUT2D eigenvalue weighted by molar-refractivity contribution is -0.197. The summed E-state index contributed by atoms with van der Waals surface area (Å²) in [5.74, 6) is -3.08. The van der Waals surface area contributed by atoms with Crippen molar-refractivity contribution in [3.8, 4) is 0 Å². The minimum absolute atomic E-state index is 0.0330. The zero-order valence-corrected chi connectivity index (χ0v) is 12.5. The van der Waals surface area contributed by atoms with Crippen molar-refractivity contribution < 1.29 is 22.7 Å². The predicted octanol–water partition coefficient (Wildman–Crippen LogP) is 4.14. The first-order chi connectivity index (χ1) is 10.4. The van der Waals surface area contributed by atoms with Gasteiger partial charge in [0.05, 0.1) is 12.5 Å². The van der Waals surface area contributed by atoms with Gasteiger partial charge in [0.25, 0.3) is 0 Å². The van der Waals surface area contributed by atoms with Crippen LogP contribution in [0.1, 0.15) is 31.2 Å². The van der Waals surface area contributed by atoms with Gasteiger partial charge in [0.1, 0.15) is 0 Å². The summed E-state index contributed by atoms with van der Waals surface area (Å²) in [6, 6.07) is 6.96. The summed E-state index contributed by atoms with van der Waals surface area (Å²) in [4.78, 5) is 12.3. The molecule has 0 saturated heterocycles. The molecule has 0 radical (unpaired) electrons. The highest BCUT2D eigenvalue weighted by Gasteiger charge is 2.48. The quantitative estimate of drug-likeness (QED) is 0.907. The first-order valence-electron chi connectivity index (χ1n) is 7.37. The third-order valence-electron chi connectivity index (χ3n) is 4.03. The van der Waals surface area contributed by atoms with E-state index in [2.05, 4.69) is 5.32 Å². The molecule has 0 spiro atoms.